The highest BCUT2D eigenvalue weighted by Gasteiger charge is 2.08. The van der Waals surface area contributed by atoms with Gasteiger partial charge in [0.1, 0.15) is 0 Å². The number of Topliss-reactive ketones (excluding diaryl/α,β-unsaturated/α-hetero) is 1. The number of nitrogens with zero attached hydrogens (tertiary/aromatic N) is 1. The summed E-state index contributed by atoms with van der Waals surface area (Å²) in [7, 11) is 0. The van der Waals surface area contributed by atoms with E-state index in [2.05, 4.69) is 30.9 Å². The van der Waals surface area contributed by atoms with Crippen molar-refractivity contribution >= 4 is 29.0 Å². The molecule has 20 heavy (non-hydrogen) atoms. The average Bonchev–Trinajstić information content (AvgIpc) is 2.47. The molecule has 0 fully saturated rings. The van der Waals surface area contributed by atoms with E-state index in [0.717, 1.165) is 30.6 Å². The molecule has 0 atom stereocenters. The van der Waals surface area contributed by atoms with Gasteiger partial charge in [-0.15, -0.1) is 12.4 Å². The second-order valence-corrected chi connectivity index (χ2v) is 4.76. The van der Waals surface area contributed by atoms with E-state index in [9.17, 15) is 4.79 Å². The molecule has 0 bridgehead atoms. The van der Waals surface area contributed by atoms with Gasteiger partial charge >= 0.3 is 0 Å². The maximum Gasteiger partial charge on any atom is 0.164 e. The third kappa shape index (κ3) is 4.06. The average molecular weight is 292 g/mol. The lowest BCUT2D eigenvalue weighted by atomic mass is 10.0. The Morgan fingerprint density at radius 1 is 1.00 bits per heavy atom. The van der Waals surface area contributed by atoms with Crippen molar-refractivity contribution in [1.82, 2.24) is 4.90 Å². The van der Waals surface area contributed by atoms with Gasteiger partial charge in [0.15, 0.2) is 5.78 Å². The van der Waals surface area contributed by atoms with E-state index < -0.39 is 0 Å². The lowest BCUT2D eigenvalue weighted by molar-refractivity contribution is 0.0966. The number of carbonyl (C=O) groups excluding carboxylic acids is 1. The molecule has 2 rings (SSSR count). The van der Waals surface area contributed by atoms with Crippen molar-refractivity contribution in [2.45, 2.75) is 20.3 Å². The molecule has 0 N–H and O–H groups in total. The molecule has 0 heterocycles. The predicted molar refractivity (Wildman–Crippen MR) is 87.9 cm³/mol. The van der Waals surface area contributed by atoms with Crippen molar-refractivity contribution in [3.63, 3.8) is 0 Å². The molecule has 0 saturated carbocycles. The fourth-order valence-corrected chi connectivity index (χ4v) is 2.31. The van der Waals surface area contributed by atoms with Crippen LogP contribution in [-0.4, -0.2) is 30.3 Å². The first-order chi connectivity index (χ1) is 9.24. The Hall–Kier alpha value is -1.38. The molecule has 2 aromatic rings. The zero-order valence-corrected chi connectivity index (χ0v) is 13.0. The van der Waals surface area contributed by atoms with Crippen LogP contribution in [0.1, 0.15) is 30.6 Å². The normalized spacial score (nSPS) is 10.6. The lowest BCUT2D eigenvalue weighted by Gasteiger charge is -2.17. The molecule has 0 radical (unpaired) electrons. The van der Waals surface area contributed by atoms with Gasteiger partial charge in [-0.1, -0.05) is 50.2 Å². The van der Waals surface area contributed by atoms with Crippen molar-refractivity contribution in [2.75, 3.05) is 19.6 Å². The number of hydrogen-bond donors (Lipinski definition) is 0. The van der Waals surface area contributed by atoms with Gasteiger partial charge in [-0.3, -0.25) is 4.79 Å². The second-order valence-electron chi connectivity index (χ2n) is 4.76. The van der Waals surface area contributed by atoms with Crippen LogP contribution in [0.25, 0.3) is 10.8 Å². The minimum atomic E-state index is 0. The number of ketones is 1. The number of carbonyl (C=O) groups is 1. The first-order valence-corrected chi connectivity index (χ1v) is 6.99. The Kier molecular flexibility index (Phi) is 6.69. The Labute approximate surface area is 127 Å². The second kappa shape index (κ2) is 8.03. The summed E-state index contributed by atoms with van der Waals surface area (Å²) in [5.41, 5.74) is 0.825. The van der Waals surface area contributed by atoms with Gasteiger partial charge < -0.3 is 4.90 Å². The molecular weight excluding hydrogens is 270 g/mol. The van der Waals surface area contributed by atoms with Crippen LogP contribution in [0.2, 0.25) is 0 Å². The summed E-state index contributed by atoms with van der Waals surface area (Å²) in [6.45, 7) is 7.11. The summed E-state index contributed by atoms with van der Waals surface area (Å²) in [5, 5.41) is 2.32. The smallest absolute Gasteiger partial charge is 0.164 e. The highest BCUT2D eigenvalue weighted by atomic mass is 35.5. The summed E-state index contributed by atoms with van der Waals surface area (Å²) in [4.78, 5) is 14.5. The van der Waals surface area contributed by atoms with Gasteiger partial charge in [-0.25, -0.2) is 0 Å². The monoisotopic (exact) mass is 291 g/mol. The van der Waals surface area contributed by atoms with Crippen LogP contribution < -0.4 is 0 Å². The zero-order valence-electron chi connectivity index (χ0n) is 12.1. The maximum atomic E-state index is 12.2. The predicted octanol–water partition coefficient (Wildman–Crippen LogP) is 4.18. The Morgan fingerprint density at radius 2 is 1.65 bits per heavy atom. The fraction of sp³-hybridized carbons (Fsp3) is 0.353. The molecule has 2 aromatic carbocycles. The van der Waals surface area contributed by atoms with Crippen molar-refractivity contribution in [3.05, 3.63) is 48.0 Å². The van der Waals surface area contributed by atoms with Crippen LogP contribution in [0.3, 0.4) is 0 Å². The van der Waals surface area contributed by atoms with Crippen molar-refractivity contribution < 1.29 is 4.79 Å². The van der Waals surface area contributed by atoms with Crippen LogP contribution in [-0.2, 0) is 0 Å². The van der Waals surface area contributed by atoms with Gasteiger partial charge in [0.2, 0.25) is 0 Å². The summed E-state index contributed by atoms with van der Waals surface area (Å²) in [5.74, 6) is 0.234. The zero-order chi connectivity index (χ0) is 13.7. The molecule has 0 saturated heterocycles. The van der Waals surface area contributed by atoms with E-state index in [1.54, 1.807) is 0 Å². The topological polar surface area (TPSA) is 20.3 Å². The molecule has 0 aliphatic heterocycles. The Morgan fingerprint density at radius 3 is 2.30 bits per heavy atom. The fourth-order valence-electron chi connectivity index (χ4n) is 2.31. The molecule has 0 aromatic heterocycles. The van der Waals surface area contributed by atoms with Crippen molar-refractivity contribution in [3.8, 4) is 0 Å². The molecule has 0 amide bonds. The first-order valence-electron chi connectivity index (χ1n) is 6.99. The molecule has 0 unspecified atom stereocenters. The highest BCUT2D eigenvalue weighted by Crippen LogP contribution is 2.16. The standard InChI is InChI=1S/C17H21NO.ClH/c1-3-18(4-2)12-11-17(19)16-10-9-14-7-5-6-8-15(14)13-16;/h5-10,13H,3-4,11-12H2,1-2H3;1H. The quantitative estimate of drug-likeness (QED) is 0.744. The SMILES string of the molecule is CCN(CC)CCC(=O)c1ccc2ccccc2c1.Cl. The summed E-state index contributed by atoms with van der Waals surface area (Å²) in [6, 6.07) is 14.1. The van der Waals surface area contributed by atoms with Crippen molar-refractivity contribution in [1.29, 1.82) is 0 Å². The van der Waals surface area contributed by atoms with Crippen molar-refractivity contribution in [2.24, 2.45) is 0 Å². The molecule has 0 aliphatic carbocycles. The van der Waals surface area contributed by atoms with E-state index in [0.29, 0.717) is 6.42 Å². The molecule has 108 valence electrons. The van der Waals surface area contributed by atoms with Crippen LogP contribution in [0.5, 0.6) is 0 Å². The van der Waals surface area contributed by atoms with E-state index >= 15 is 0 Å². The third-order valence-electron chi connectivity index (χ3n) is 3.62. The minimum absolute atomic E-state index is 0. The number of halogens is 1. The summed E-state index contributed by atoms with van der Waals surface area (Å²) < 4.78 is 0. The van der Waals surface area contributed by atoms with Crippen LogP contribution in [0.15, 0.2) is 42.5 Å². The Bertz CT molecular complexity index is 564. The highest BCUT2D eigenvalue weighted by molar-refractivity contribution is 6.00. The van der Waals surface area contributed by atoms with Crippen LogP contribution in [0, 0.1) is 0 Å². The number of hydrogen-bond acceptors (Lipinski definition) is 2. The Balaban J connectivity index is 0.00000200. The van der Waals surface area contributed by atoms with E-state index in [4.69, 9.17) is 0 Å². The first kappa shape index (κ1) is 16.7. The van der Waals surface area contributed by atoms with Crippen LogP contribution in [0.4, 0.5) is 0 Å². The van der Waals surface area contributed by atoms with Gasteiger partial charge in [0, 0.05) is 18.5 Å². The van der Waals surface area contributed by atoms with Crippen LogP contribution >= 0.6 is 12.4 Å². The molecule has 3 heteroatoms. The number of fused-ring (bicyclic) bond motifs is 1. The molecule has 0 spiro atoms. The third-order valence-corrected chi connectivity index (χ3v) is 3.62. The molecule has 2 nitrogen and oxygen atoms in total. The molecular formula is C17H22ClNO. The number of benzene rings is 2. The van der Waals surface area contributed by atoms with E-state index in [1.165, 1.54) is 5.39 Å². The number of rotatable bonds is 6. The molecule has 0 aliphatic rings. The van der Waals surface area contributed by atoms with Gasteiger partial charge in [0.05, 0.1) is 0 Å². The van der Waals surface area contributed by atoms with E-state index in [-0.39, 0.29) is 18.2 Å². The summed E-state index contributed by atoms with van der Waals surface area (Å²) >= 11 is 0. The van der Waals surface area contributed by atoms with Gasteiger partial charge in [-0.2, -0.15) is 0 Å². The van der Waals surface area contributed by atoms with E-state index in [1.807, 2.05) is 30.3 Å². The minimum Gasteiger partial charge on any atom is -0.303 e. The summed E-state index contributed by atoms with van der Waals surface area (Å²) in [6.07, 6.45) is 0.597. The van der Waals surface area contributed by atoms with Gasteiger partial charge in [-0.05, 0) is 29.9 Å². The largest absolute Gasteiger partial charge is 0.303 e. The lowest BCUT2D eigenvalue weighted by Crippen LogP contribution is -2.25. The van der Waals surface area contributed by atoms with Gasteiger partial charge in [0.25, 0.3) is 0 Å². The maximum absolute atomic E-state index is 12.2.